The van der Waals surface area contributed by atoms with Crippen LogP contribution in [-0.4, -0.2) is 16.9 Å². The molecule has 0 aromatic heterocycles. The molecule has 0 fully saturated rings. The molecule has 0 N–H and O–H groups in total. The summed E-state index contributed by atoms with van der Waals surface area (Å²) >= 11 is 8.29. The molecule has 0 aliphatic heterocycles. The summed E-state index contributed by atoms with van der Waals surface area (Å²) in [6, 6.07) is 5.76. The van der Waals surface area contributed by atoms with Gasteiger partial charge in [0.2, 0.25) is 0 Å². The average molecular weight is 338 g/mol. The lowest BCUT2D eigenvalue weighted by atomic mass is 10.1. The molecular weight excluding hydrogens is 328 g/mol. The Morgan fingerprint density at radius 1 is 1.43 bits per heavy atom. The molecule has 0 amide bonds. The molecule has 1 nitrogen and oxygen atoms in total. The molecule has 0 heterocycles. The van der Waals surface area contributed by atoms with Gasteiger partial charge in [-0.15, -0.1) is 11.8 Å². The summed E-state index contributed by atoms with van der Waals surface area (Å²) in [5.74, 6) is 0.113. The molecule has 0 radical (unpaired) electrons. The van der Waals surface area contributed by atoms with Crippen LogP contribution in [0.2, 0.25) is 0 Å². The van der Waals surface area contributed by atoms with E-state index in [4.69, 9.17) is 0 Å². The molecule has 0 saturated carbocycles. The van der Waals surface area contributed by atoms with E-state index in [0.717, 1.165) is 14.9 Å². The summed E-state index contributed by atoms with van der Waals surface area (Å²) in [7, 11) is 0. The van der Waals surface area contributed by atoms with Gasteiger partial charge in [0.25, 0.3) is 0 Å². The van der Waals surface area contributed by atoms with Gasteiger partial charge in [0.15, 0.2) is 5.78 Å². The van der Waals surface area contributed by atoms with Gasteiger partial charge >= 0.3 is 0 Å². The van der Waals surface area contributed by atoms with E-state index < -0.39 is 0 Å². The van der Waals surface area contributed by atoms with Gasteiger partial charge in [-0.3, -0.25) is 4.79 Å². The van der Waals surface area contributed by atoms with E-state index in [2.05, 4.69) is 31.9 Å². The van der Waals surface area contributed by atoms with E-state index in [-0.39, 0.29) is 10.6 Å². The van der Waals surface area contributed by atoms with E-state index in [1.54, 1.807) is 11.8 Å². The number of rotatable bonds is 3. The number of halogens is 2. The third-order valence-electron chi connectivity index (χ3n) is 1.75. The molecule has 1 aromatic rings. The molecule has 1 aromatic carbocycles. The number of ketones is 1. The zero-order valence-corrected chi connectivity index (χ0v) is 11.9. The van der Waals surface area contributed by atoms with E-state index in [1.165, 1.54) is 0 Å². The number of carbonyl (C=O) groups excluding carboxylic acids is 1. The van der Waals surface area contributed by atoms with Crippen LogP contribution < -0.4 is 0 Å². The van der Waals surface area contributed by atoms with Crippen LogP contribution in [0.4, 0.5) is 0 Å². The summed E-state index contributed by atoms with van der Waals surface area (Å²) in [6.45, 7) is 1.84. The fraction of sp³-hybridized carbons (Fsp3) is 0.300. The van der Waals surface area contributed by atoms with Gasteiger partial charge in [-0.2, -0.15) is 0 Å². The zero-order chi connectivity index (χ0) is 10.7. The summed E-state index contributed by atoms with van der Waals surface area (Å²) in [5, 5.41) is 0. The number of Topliss-reactive ketones (excluding diaryl/α,β-unsaturated/α-hetero) is 1. The average Bonchev–Trinajstić information content (AvgIpc) is 2.15. The third-order valence-corrected chi connectivity index (χ3v) is 3.33. The predicted octanol–water partition coefficient (Wildman–Crippen LogP) is 4.14. The smallest absolute Gasteiger partial charge is 0.176 e. The molecule has 0 aliphatic rings. The minimum atomic E-state index is -0.133. The van der Waals surface area contributed by atoms with Crippen LogP contribution in [0.5, 0.6) is 0 Å². The summed E-state index contributed by atoms with van der Waals surface area (Å²) in [6.07, 6.45) is 1.99. The Labute approximate surface area is 105 Å². The Bertz CT molecular complexity index is 350. The highest BCUT2D eigenvalue weighted by Gasteiger charge is 2.12. The summed E-state index contributed by atoms with van der Waals surface area (Å²) < 4.78 is 0.945. The van der Waals surface area contributed by atoms with Crippen LogP contribution in [0.25, 0.3) is 0 Å². The quantitative estimate of drug-likeness (QED) is 0.468. The fourth-order valence-electron chi connectivity index (χ4n) is 1.05. The topological polar surface area (TPSA) is 17.1 Å². The second kappa shape index (κ2) is 5.33. The lowest BCUT2D eigenvalue weighted by Crippen LogP contribution is -2.09. The van der Waals surface area contributed by atoms with Gasteiger partial charge in [-0.25, -0.2) is 0 Å². The molecule has 0 spiro atoms. The Balaban J connectivity index is 3.09. The van der Waals surface area contributed by atoms with Crippen molar-refractivity contribution in [2.45, 2.75) is 16.6 Å². The van der Waals surface area contributed by atoms with Gasteiger partial charge in [0, 0.05) is 14.9 Å². The van der Waals surface area contributed by atoms with E-state index >= 15 is 0 Å². The van der Waals surface area contributed by atoms with Crippen LogP contribution in [0.1, 0.15) is 17.3 Å². The lowest BCUT2D eigenvalue weighted by molar-refractivity contribution is 0.0995. The predicted molar refractivity (Wildman–Crippen MR) is 68.6 cm³/mol. The standard InChI is InChI=1S/C10H10Br2OS/c1-6(11)10(13)7-3-8(12)5-9(4-7)14-2/h3-6H,1-2H3. The Morgan fingerprint density at radius 3 is 2.57 bits per heavy atom. The third kappa shape index (κ3) is 3.11. The molecule has 0 aliphatic carbocycles. The summed E-state index contributed by atoms with van der Waals surface area (Å²) in [5.41, 5.74) is 0.744. The Hall–Kier alpha value is 0.200. The highest BCUT2D eigenvalue weighted by atomic mass is 79.9. The van der Waals surface area contributed by atoms with Crippen molar-refractivity contribution >= 4 is 49.4 Å². The maximum absolute atomic E-state index is 11.7. The number of thioether (sulfide) groups is 1. The minimum absolute atomic E-state index is 0.113. The van der Waals surface area contributed by atoms with Crippen molar-refractivity contribution in [2.75, 3.05) is 6.26 Å². The SMILES string of the molecule is CSc1cc(Br)cc(C(=O)C(C)Br)c1. The maximum atomic E-state index is 11.7. The van der Waals surface area contributed by atoms with Gasteiger partial charge in [-0.1, -0.05) is 31.9 Å². The maximum Gasteiger partial charge on any atom is 0.176 e. The number of benzene rings is 1. The molecule has 1 atom stereocenters. The van der Waals surface area contributed by atoms with Crippen LogP contribution in [-0.2, 0) is 0 Å². The van der Waals surface area contributed by atoms with Gasteiger partial charge in [0.05, 0.1) is 4.83 Å². The van der Waals surface area contributed by atoms with Crippen LogP contribution in [0.3, 0.4) is 0 Å². The highest BCUT2D eigenvalue weighted by Crippen LogP contribution is 2.24. The van der Waals surface area contributed by atoms with Crippen molar-refractivity contribution in [2.24, 2.45) is 0 Å². The van der Waals surface area contributed by atoms with Crippen molar-refractivity contribution in [3.63, 3.8) is 0 Å². The first-order valence-corrected chi connectivity index (χ1v) is 7.01. The molecule has 76 valence electrons. The van der Waals surface area contributed by atoms with E-state index in [9.17, 15) is 4.79 Å². The molecule has 14 heavy (non-hydrogen) atoms. The number of carbonyl (C=O) groups is 1. The first kappa shape index (κ1) is 12.3. The second-order valence-corrected chi connectivity index (χ2v) is 6.03. The molecule has 0 saturated heterocycles. The van der Waals surface area contributed by atoms with Crippen molar-refractivity contribution in [3.05, 3.63) is 28.2 Å². The minimum Gasteiger partial charge on any atom is -0.293 e. The summed E-state index contributed by atoms with van der Waals surface area (Å²) in [4.78, 5) is 12.6. The number of alkyl halides is 1. The van der Waals surface area contributed by atoms with Crippen molar-refractivity contribution in [1.82, 2.24) is 0 Å². The lowest BCUT2D eigenvalue weighted by Gasteiger charge is -2.05. The molecular formula is C10H10Br2OS. The molecule has 0 bridgehead atoms. The Kier molecular flexibility index (Phi) is 4.67. The Morgan fingerprint density at radius 2 is 2.07 bits per heavy atom. The van der Waals surface area contributed by atoms with Crippen molar-refractivity contribution < 1.29 is 4.79 Å². The number of hydrogen-bond acceptors (Lipinski definition) is 2. The fourth-order valence-corrected chi connectivity index (χ4v) is 2.45. The first-order valence-electron chi connectivity index (χ1n) is 4.07. The molecule has 4 heteroatoms. The van der Waals surface area contributed by atoms with Crippen LogP contribution in [0.15, 0.2) is 27.6 Å². The monoisotopic (exact) mass is 336 g/mol. The largest absolute Gasteiger partial charge is 0.293 e. The molecule has 1 unspecified atom stereocenters. The van der Waals surface area contributed by atoms with Gasteiger partial charge < -0.3 is 0 Å². The van der Waals surface area contributed by atoms with Crippen LogP contribution in [0, 0.1) is 0 Å². The van der Waals surface area contributed by atoms with E-state index in [1.807, 2.05) is 31.4 Å². The van der Waals surface area contributed by atoms with Crippen molar-refractivity contribution in [3.8, 4) is 0 Å². The molecule has 1 rings (SSSR count). The second-order valence-electron chi connectivity index (χ2n) is 2.86. The van der Waals surface area contributed by atoms with Gasteiger partial charge in [-0.05, 0) is 31.4 Å². The normalized spacial score (nSPS) is 12.6. The van der Waals surface area contributed by atoms with Crippen LogP contribution >= 0.6 is 43.6 Å². The van der Waals surface area contributed by atoms with Crippen molar-refractivity contribution in [1.29, 1.82) is 0 Å². The van der Waals surface area contributed by atoms with E-state index in [0.29, 0.717) is 0 Å². The number of hydrogen-bond donors (Lipinski definition) is 0. The highest BCUT2D eigenvalue weighted by molar-refractivity contribution is 9.10. The zero-order valence-electron chi connectivity index (χ0n) is 7.88. The van der Waals surface area contributed by atoms with Gasteiger partial charge in [0.1, 0.15) is 0 Å². The first-order chi connectivity index (χ1) is 6.54.